The fraction of sp³-hybridized carbons (Fsp3) is 0.375. The van der Waals surface area contributed by atoms with Gasteiger partial charge < -0.3 is 10.0 Å². The summed E-state index contributed by atoms with van der Waals surface area (Å²) in [7, 11) is 6.46. The third-order valence-corrected chi connectivity index (χ3v) is 7.48. The van der Waals surface area contributed by atoms with Crippen LogP contribution < -0.4 is 0 Å². The summed E-state index contributed by atoms with van der Waals surface area (Å²) >= 11 is 6.31. The highest BCUT2D eigenvalue weighted by atomic mass is 35.7. The van der Waals surface area contributed by atoms with E-state index in [4.69, 9.17) is 22.3 Å². The lowest BCUT2D eigenvalue weighted by atomic mass is 9.93. The number of carboxylic acid groups (broad SMARTS) is 1. The molecule has 1 fully saturated rings. The number of benzene rings is 1. The first-order valence-corrected chi connectivity index (χ1v) is 9.60. The van der Waals surface area contributed by atoms with Crippen molar-refractivity contribution in [2.24, 2.45) is 0 Å². The fourth-order valence-corrected chi connectivity index (χ4v) is 4.14. The predicted molar refractivity (Wildman–Crippen MR) is 96.2 cm³/mol. The van der Waals surface area contributed by atoms with Crippen LogP contribution in [0.4, 0.5) is 0 Å². The Labute approximate surface area is 162 Å². The van der Waals surface area contributed by atoms with E-state index in [1.54, 1.807) is 12.1 Å². The van der Waals surface area contributed by atoms with Crippen molar-refractivity contribution in [3.8, 4) is 0 Å². The van der Waals surface area contributed by atoms with Crippen LogP contribution in [0.3, 0.4) is 0 Å². The summed E-state index contributed by atoms with van der Waals surface area (Å²) in [6.07, 6.45) is 0. The highest BCUT2D eigenvalue weighted by molar-refractivity contribution is 8.22. The van der Waals surface area contributed by atoms with E-state index in [0.29, 0.717) is 11.0 Å². The maximum absolute atomic E-state index is 12.7. The van der Waals surface area contributed by atoms with Crippen molar-refractivity contribution in [2.75, 3.05) is 6.54 Å². The van der Waals surface area contributed by atoms with Crippen LogP contribution in [0.15, 0.2) is 24.3 Å². The Morgan fingerprint density at radius 2 is 1.69 bits per heavy atom. The number of alkyl halides is 1. The standard InChI is InChI=1S/C16H14Cl2N2O5S/c1-15(2,26-18)16(17,14(24)25)19-7-10(13(19)23)20-11(21)8-5-3-4-6-9(8)12(20)22/h3-6,10H,7H2,1-2H3,(H,24,25). The largest absolute Gasteiger partial charge is 0.479 e. The summed E-state index contributed by atoms with van der Waals surface area (Å²) in [5, 5.41) is 9.60. The molecule has 3 rings (SSSR count). The predicted octanol–water partition coefficient (Wildman–Crippen LogP) is 2.18. The van der Waals surface area contributed by atoms with Gasteiger partial charge in [-0.25, -0.2) is 4.79 Å². The minimum absolute atomic E-state index is 0.180. The lowest BCUT2D eigenvalue weighted by molar-refractivity contribution is -0.166. The second kappa shape index (κ2) is 6.14. The number of carbonyl (C=O) groups excluding carboxylic acids is 3. The zero-order chi connectivity index (χ0) is 19.4. The Balaban J connectivity index is 1.89. The zero-order valence-electron chi connectivity index (χ0n) is 13.7. The minimum atomic E-state index is -2.12. The summed E-state index contributed by atoms with van der Waals surface area (Å²) < 4.78 is -1.23. The molecule has 2 unspecified atom stereocenters. The average molecular weight is 417 g/mol. The Hall–Kier alpha value is -1.77. The molecule has 2 heterocycles. The van der Waals surface area contributed by atoms with E-state index >= 15 is 0 Å². The molecule has 1 aromatic carbocycles. The number of β-lactam (4-membered cyclic amide) rings is 1. The van der Waals surface area contributed by atoms with E-state index in [1.165, 1.54) is 26.0 Å². The number of rotatable bonds is 5. The Bertz CT molecular complexity index is 811. The van der Waals surface area contributed by atoms with Gasteiger partial charge in [-0.2, -0.15) is 0 Å². The molecule has 0 aliphatic carbocycles. The van der Waals surface area contributed by atoms with E-state index in [0.717, 1.165) is 9.80 Å². The van der Waals surface area contributed by atoms with Crippen molar-refractivity contribution in [1.29, 1.82) is 0 Å². The smallest absolute Gasteiger partial charge is 0.346 e. The second-order valence-electron chi connectivity index (χ2n) is 6.51. The van der Waals surface area contributed by atoms with Gasteiger partial charge >= 0.3 is 5.97 Å². The first kappa shape index (κ1) is 19.0. The van der Waals surface area contributed by atoms with E-state index in [-0.39, 0.29) is 17.7 Å². The molecule has 3 amide bonds. The third-order valence-electron chi connectivity index (χ3n) is 4.69. The van der Waals surface area contributed by atoms with E-state index < -0.39 is 39.5 Å². The van der Waals surface area contributed by atoms with Crippen LogP contribution in [0.25, 0.3) is 0 Å². The molecule has 26 heavy (non-hydrogen) atoms. The Morgan fingerprint density at radius 1 is 1.19 bits per heavy atom. The first-order valence-electron chi connectivity index (χ1n) is 7.58. The van der Waals surface area contributed by atoms with Crippen molar-refractivity contribution in [1.82, 2.24) is 9.80 Å². The van der Waals surface area contributed by atoms with Gasteiger partial charge in [-0.05, 0) is 47.6 Å². The number of amides is 3. The Kier molecular flexibility index (Phi) is 4.49. The minimum Gasteiger partial charge on any atom is -0.479 e. The van der Waals surface area contributed by atoms with Gasteiger partial charge in [0.05, 0.1) is 22.4 Å². The van der Waals surface area contributed by atoms with Crippen LogP contribution in [-0.4, -0.2) is 60.9 Å². The zero-order valence-corrected chi connectivity index (χ0v) is 16.1. The third kappa shape index (κ3) is 2.35. The molecule has 1 saturated heterocycles. The molecule has 0 spiro atoms. The van der Waals surface area contributed by atoms with E-state index in [2.05, 4.69) is 0 Å². The van der Waals surface area contributed by atoms with Crippen LogP contribution >= 0.6 is 33.3 Å². The molecule has 2 atom stereocenters. The molecule has 10 heteroatoms. The highest BCUT2D eigenvalue weighted by Gasteiger charge is 2.64. The van der Waals surface area contributed by atoms with Crippen molar-refractivity contribution in [3.05, 3.63) is 35.4 Å². The molecular formula is C16H14Cl2N2O5S. The number of halogens is 2. The highest BCUT2D eigenvalue weighted by Crippen LogP contribution is 2.47. The van der Waals surface area contributed by atoms with Crippen molar-refractivity contribution in [3.63, 3.8) is 0 Å². The summed E-state index contributed by atoms with van der Waals surface area (Å²) in [6, 6.07) is 5.17. The normalized spacial score (nSPS) is 22.2. The van der Waals surface area contributed by atoms with E-state index in [9.17, 15) is 24.3 Å². The quantitative estimate of drug-likeness (QED) is 0.342. The maximum Gasteiger partial charge on any atom is 0.346 e. The molecule has 0 radical (unpaired) electrons. The number of carboxylic acids is 1. The van der Waals surface area contributed by atoms with Crippen LogP contribution in [0.1, 0.15) is 34.6 Å². The number of carbonyl (C=O) groups is 4. The number of fused-ring (bicyclic) bond motifs is 1. The molecule has 0 saturated carbocycles. The molecule has 0 aromatic heterocycles. The molecule has 138 valence electrons. The number of hydrogen-bond acceptors (Lipinski definition) is 5. The lowest BCUT2D eigenvalue weighted by Gasteiger charge is -2.52. The van der Waals surface area contributed by atoms with Gasteiger partial charge in [0.25, 0.3) is 11.8 Å². The SMILES string of the molecule is CC(C)(SCl)C(Cl)(C(=O)O)N1CC(N2C(=O)c3ccccc3C2=O)C1=O. The lowest BCUT2D eigenvalue weighted by Crippen LogP contribution is -2.75. The van der Waals surface area contributed by atoms with Gasteiger partial charge in [0.15, 0.2) is 0 Å². The van der Waals surface area contributed by atoms with Gasteiger partial charge in [-0.1, -0.05) is 23.7 Å². The molecule has 7 nitrogen and oxygen atoms in total. The molecular weight excluding hydrogens is 403 g/mol. The van der Waals surface area contributed by atoms with Gasteiger partial charge in [-0.15, -0.1) is 0 Å². The van der Waals surface area contributed by atoms with Crippen molar-refractivity contribution < 1.29 is 24.3 Å². The second-order valence-corrected chi connectivity index (χ2v) is 8.69. The number of nitrogens with zero attached hydrogens (tertiary/aromatic N) is 2. The maximum atomic E-state index is 12.7. The topological polar surface area (TPSA) is 95.0 Å². The molecule has 1 N–H and O–H groups in total. The van der Waals surface area contributed by atoms with Crippen LogP contribution in [0.2, 0.25) is 0 Å². The van der Waals surface area contributed by atoms with Crippen LogP contribution in [0.5, 0.6) is 0 Å². The number of hydrogen-bond donors (Lipinski definition) is 1. The monoisotopic (exact) mass is 416 g/mol. The summed E-state index contributed by atoms with van der Waals surface area (Å²) in [6.45, 7) is 2.81. The van der Waals surface area contributed by atoms with Gasteiger partial charge in [-0.3, -0.25) is 19.3 Å². The van der Waals surface area contributed by atoms with Gasteiger partial charge in [0.1, 0.15) is 6.04 Å². The molecule has 2 aliphatic heterocycles. The molecule has 1 aromatic rings. The van der Waals surface area contributed by atoms with E-state index in [1.807, 2.05) is 0 Å². The van der Waals surface area contributed by atoms with Crippen LogP contribution in [-0.2, 0) is 9.59 Å². The van der Waals surface area contributed by atoms with Crippen LogP contribution in [0, 0.1) is 0 Å². The van der Waals surface area contributed by atoms with Crippen molar-refractivity contribution in [2.45, 2.75) is 29.6 Å². The summed E-state index contributed by atoms with van der Waals surface area (Å²) in [5.41, 5.74) is 0.437. The number of likely N-dealkylation sites (tertiary alicyclic amines) is 1. The number of imide groups is 1. The number of aliphatic carboxylic acids is 1. The fourth-order valence-electron chi connectivity index (χ4n) is 3.12. The summed E-state index contributed by atoms with van der Waals surface area (Å²) in [4.78, 5) is 49.1. The first-order chi connectivity index (χ1) is 12.1. The van der Waals surface area contributed by atoms with Gasteiger partial charge in [0.2, 0.25) is 10.9 Å². The Morgan fingerprint density at radius 3 is 2.08 bits per heavy atom. The molecule has 2 aliphatic rings. The van der Waals surface area contributed by atoms with Gasteiger partial charge in [0, 0.05) is 0 Å². The average Bonchev–Trinajstić information content (AvgIpc) is 2.85. The summed E-state index contributed by atoms with van der Waals surface area (Å²) in [5.74, 6) is -3.31. The van der Waals surface area contributed by atoms with Crippen molar-refractivity contribution >= 4 is 56.9 Å². The molecule has 0 bridgehead atoms.